The van der Waals surface area contributed by atoms with Gasteiger partial charge in [0.1, 0.15) is 6.54 Å². The van der Waals surface area contributed by atoms with Gasteiger partial charge in [-0.3, -0.25) is 23.1 Å². The Labute approximate surface area is 176 Å². The van der Waals surface area contributed by atoms with Crippen molar-refractivity contribution in [2.45, 2.75) is 33.0 Å². The number of carbonyl (C=O) groups is 1. The van der Waals surface area contributed by atoms with Crippen LogP contribution in [0.25, 0.3) is 16.6 Å². The zero-order chi connectivity index (χ0) is 22.0. The van der Waals surface area contributed by atoms with Crippen molar-refractivity contribution < 1.29 is 4.79 Å². The van der Waals surface area contributed by atoms with E-state index in [1.165, 1.54) is 13.6 Å². The first kappa shape index (κ1) is 20.3. The molecular formula is C21H22N6O4. The first-order chi connectivity index (χ1) is 15.0. The van der Waals surface area contributed by atoms with E-state index >= 15 is 0 Å². The number of carbonyl (C=O) groups excluding carboxylic acids is 1. The molecule has 4 aromatic rings. The lowest BCUT2D eigenvalue weighted by atomic mass is 10.2. The van der Waals surface area contributed by atoms with Crippen LogP contribution in [0.1, 0.15) is 13.3 Å². The molecule has 1 amide bonds. The number of pyridine rings is 1. The molecule has 0 aliphatic carbocycles. The third-order valence-corrected chi connectivity index (χ3v) is 5.11. The molecule has 3 heterocycles. The summed E-state index contributed by atoms with van der Waals surface area (Å²) in [5.74, 6) is -0.351. The molecule has 0 fully saturated rings. The Morgan fingerprint density at radius 2 is 1.77 bits per heavy atom. The fourth-order valence-corrected chi connectivity index (χ4v) is 3.57. The minimum absolute atomic E-state index is 0.200. The number of rotatable bonds is 7. The highest BCUT2D eigenvalue weighted by molar-refractivity contribution is 5.81. The van der Waals surface area contributed by atoms with Crippen molar-refractivity contribution in [2.75, 3.05) is 6.54 Å². The van der Waals surface area contributed by atoms with Crippen molar-refractivity contribution >= 4 is 22.5 Å². The summed E-state index contributed by atoms with van der Waals surface area (Å²) >= 11 is 0. The van der Waals surface area contributed by atoms with E-state index in [2.05, 4.69) is 10.4 Å². The fraction of sp³-hybridized carbons (Fsp3) is 0.286. The van der Waals surface area contributed by atoms with E-state index in [0.717, 1.165) is 4.57 Å². The molecule has 31 heavy (non-hydrogen) atoms. The Hall–Kier alpha value is -3.95. The summed E-state index contributed by atoms with van der Waals surface area (Å²) in [6, 6.07) is 12.1. The van der Waals surface area contributed by atoms with Crippen LogP contribution < -0.4 is 22.3 Å². The summed E-state index contributed by atoms with van der Waals surface area (Å²) in [4.78, 5) is 49.9. The summed E-state index contributed by atoms with van der Waals surface area (Å²) in [5, 5.41) is 7.40. The van der Waals surface area contributed by atoms with Crippen LogP contribution in [0.15, 0.2) is 63.0 Å². The van der Waals surface area contributed by atoms with E-state index in [1.807, 2.05) is 0 Å². The maximum Gasteiger partial charge on any atom is 0.350 e. The molecule has 10 nitrogen and oxygen atoms in total. The Balaban J connectivity index is 1.44. The zero-order valence-corrected chi connectivity index (χ0v) is 17.0. The monoisotopic (exact) mass is 422 g/mol. The number of nitrogens with zero attached hydrogens (tertiary/aromatic N) is 5. The summed E-state index contributed by atoms with van der Waals surface area (Å²) in [5.41, 5.74) is -0.125. The van der Waals surface area contributed by atoms with Gasteiger partial charge >= 0.3 is 11.4 Å². The van der Waals surface area contributed by atoms with E-state index in [-0.39, 0.29) is 30.2 Å². The molecule has 0 unspecified atom stereocenters. The minimum atomic E-state index is -0.516. The lowest BCUT2D eigenvalue weighted by Crippen LogP contribution is -2.42. The normalized spacial score (nSPS) is 11.3. The van der Waals surface area contributed by atoms with Crippen LogP contribution in [0, 0.1) is 0 Å². The van der Waals surface area contributed by atoms with Gasteiger partial charge in [-0.15, -0.1) is 5.10 Å². The molecule has 0 atom stereocenters. The largest absolute Gasteiger partial charge is 0.354 e. The molecule has 4 rings (SSSR count). The SMILES string of the molecule is CCn1c(=O)c2ccccc2n(CC(=O)NCCCn2nc3ccccn3c2=O)c1=O. The second-order valence-corrected chi connectivity index (χ2v) is 7.07. The molecular weight excluding hydrogens is 400 g/mol. The number of hydrogen-bond acceptors (Lipinski definition) is 5. The summed E-state index contributed by atoms with van der Waals surface area (Å²) < 4.78 is 5.24. The highest BCUT2D eigenvalue weighted by Crippen LogP contribution is 2.07. The molecule has 0 saturated carbocycles. The first-order valence-electron chi connectivity index (χ1n) is 10.0. The zero-order valence-electron chi connectivity index (χ0n) is 17.0. The van der Waals surface area contributed by atoms with E-state index in [0.29, 0.717) is 36.1 Å². The maximum absolute atomic E-state index is 12.7. The third-order valence-electron chi connectivity index (χ3n) is 5.11. The Bertz CT molecular complexity index is 1440. The number of aryl methyl sites for hydroxylation is 1. The Kier molecular flexibility index (Phi) is 5.52. The second-order valence-electron chi connectivity index (χ2n) is 7.07. The minimum Gasteiger partial charge on any atom is -0.354 e. The van der Waals surface area contributed by atoms with Gasteiger partial charge < -0.3 is 5.32 Å². The molecule has 0 aliphatic heterocycles. The highest BCUT2D eigenvalue weighted by atomic mass is 16.2. The van der Waals surface area contributed by atoms with Crippen molar-refractivity contribution in [2.24, 2.45) is 0 Å². The number of hydrogen-bond donors (Lipinski definition) is 1. The van der Waals surface area contributed by atoms with Gasteiger partial charge in [-0.25, -0.2) is 14.3 Å². The lowest BCUT2D eigenvalue weighted by molar-refractivity contribution is -0.121. The summed E-state index contributed by atoms with van der Waals surface area (Å²) in [6.45, 7) is 2.40. The molecule has 0 bridgehead atoms. The molecule has 0 radical (unpaired) electrons. The Morgan fingerprint density at radius 1 is 1.00 bits per heavy atom. The van der Waals surface area contributed by atoms with Crippen molar-refractivity contribution in [1.82, 2.24) is 28.6 Å². The van der Waals surface area contributed by atoms with Gasteiger partial charge in [0.05, 0.1) is 10.9 Å². The van der Waals surface area contributed by atoms with Crippen LogP contribution in [0.2, 0.25) is 0 Å². The molecule has 1 aromatic carbocycles. The van der Waals surface area contributed by atoms with Crippen LogP contribution in [-0.4, -0.2) is 35.8 Å². The van der Waals surface area contributed by atoms with Crippen molar-refractivity contribution in [1.29, 1.82) is 0 Å². The molecule has 0 saturated heterocycles. The maximum atomic E-state index is 12.7. The fourth-order valence-electron chi connectivity index (χ4n) is 3.57. The average Bonchev–Trinajstić information content (AvgIpc) is 3.10. The molecule has 1 N–H and O–H groups in total. The summed E-state index contributed by atoms with van der Waals surface area (Å²) in [6.07, 6.45) is 2.15. The van der Waals surface area contributed by atoms with Crippen LogP contribution in [-0.2, 0) is 24.4 Å². The van der Waals surface area contributed by atoms with Crippen molar-refractivity contribution in [3.05, 3.63) is 80.0 Å². The smallest absolute Gasteiger partial charge is 0.350 e. The van der Waals surface area contributed by atoms with Gasteiger partial charge in [-0.05, 0) is 37.6 Å². The number of benzene rings is 1. The second kappa shape index (κ2) is 8.42. The molecule has 160 valence electrons. The predicted molar refractivity (Wildman–Crippen MR) is 115 cm³/mol. The number of fused-ring (bicyclic) bond motifs is 2. The van der Waals surface area contributed by atoms with Crippen LogP contribution >= 0.6 is 0 Å². The van der Waals surface area contributed by atoms with Gasteiger partial charge in [0.15, 0.2) is 5.65 Å². The van der Waals surface area contributed by atoms with Crippen molar-refractivity contribution in [3.63, 3.8) is 0 Å². The van der Waals surface area contributed by atoms with E-state index < -0.39 is 5.69 Å². The molecule has 3 aromatic heterocycles. The standard InChI is InChI=1S/C21H22N6O4/c1-2-24-19(29)15-8-3-4-9-16(15)26(20(24)30)14-18(28)22-11-7-13-27-21(31)25-12-6-5-10-17(25)23-27/h3-6,8-10,12H,2,7,11,13-14H2,1H3,(H,22,28). The van der Waals surface area contributed by atoms with Gasteiger partial charge in [0, 0.05) is 25.8 Å². The van der Waals surface area contributed by atoms with Crippen LogP contribution in [0.3, 0.4) is 0 Å². The molecule has 10 heteroatoms. The first-order valence-corrected chi connectivity index (χ1v) is 10.0. The van der Waals surface area contributed by atoms with Crippen LogP contribution in [0.5, 0.6) is 0 Å². The van der Waals surface area contributed by atoms with E-state index in [4.69, 9.17) is 0 Å². The van der Waals surface area contributed by atoms with Crippen molar-refractivity contribution in [3.8, 4) is 0 Å². The van der Waals surface area contributed by atoms with Crippen LogP contribution in [0.4, 0.5) is 0 Å². The Morgan fingerprint density at radius 3 is 2.55 bits per heavy atom. The number of aromatic nitrogens is 5. The van der Waals surface area contributed by atoms with Gasteiger partial charge in [0.25, 0.3) is 5.56 Å². The van der Waals surface area contributed by atoms with Gasteiger partial charge in [-0.2, -0.15) is 0 Å². The van der Waals surface area contributed by atoms with E-state index in [9.17, 15) is 19.2 Å². The average molecular weight is 422 g/mol. The van der Waals surface area contributed by atoms with E-state index in [1.54, 1.807) is 55.6 Å². The summed E-state index contributed by atoms with van der Waals surface area (Å²) in [7, 11) is 0. The van der Waals surface area contributed by atoms with Gasteiger partial charge in [0.2, 0.25) is 5.91 Å². The molecule has 0 aliphatic rings. The third kappa shape index (κ3) is 3.79. The topological polar surface area (TPSA) is 112 Å². The predicted octanol–water partition coefficient (Wildman–Crippen LogP) is 0.199. The molecule has 0 spiro atoms. The van der Waals surface area contributed by atoms with Gasteiger partial charge in [-0.1, -0.05) is 18.2 Å². The number of amides is 1. The number of nitrogens with one attached hydrogen (secondary N) is 1. The lowest BCUT2D eigenvalue weighted by Gasteiger charge is -2.13. The quantitative estimate of drug-likeness (QED) is 0.428. The number of para-hydroxylation sites is 1. The highest BCUT2D eigenvalue weighted by Gasteiger charge is 2.14.